The van der Waals surface area contributed by atoms with Gasteiger partial charge in [-0.2, -0.15) is 0 Å². The summed E-state index contributed by atoms with van der Waals surface area (Å²) in [5.74, 6) is 0.515. The molecule has 0 atom stereocenters. The van der Waals surface area contributed by atoms with E-state index in [-0.39, 0.29) is 5.91 Å². The zero-order valence-electron chi connectivity index (χ0n) is 12.6. The molecule has 1 aromatic carbocycles. The van der Waals surface area contributed by atoms with Gasteiger partial charge < -0.3 is 14.9 Å². The summed E-state index contributed by atoms with van der Waals surface area (Å²) in [5, 5.41) is 10.9. The number of hydrogen-bond acceptors (Lipinski definition) is 4. The molecule has 0 aliphatic rings. The van der Waals surface area contributed by atoms with E-state index in [1.807, 2.05) is 43.7 Å². The van der Waals surface area contributed by atoms with Crippen molar-refractivity contribution in [1.29, 1.82) is 0 Å². The van der Waals surface area contributed by atoms with Crippen molar-refractivity contribution < 1.29 is 4.79 Å². The monoisotopic (exact) mass is 296 g/mol. The Morgan fingerprint density at radius 3 is 2.77 bits per heavy atom. The second-order valence-corrected chi connectivity index (χ2v) is 5.07. The number of anilines is 1. The number of carbonyl (C=O) groups excluding carboxylic acids is 1. The highest BCUT2D eigenvalue weighted by molar-refractivity contribution is 6.04. The van der Waals surface area contributed by atoms with Crippen molar-refractivity contribution in [2.45, 2.75) is 13.8 Å². The van der Waals surface area contributed by atoms with Gasteiger partial charge in [-0.25, -0.2) is 4.98 Å². The van der Waals surface area contributed by atoms with Crippen molar-refractivity contribution in [2.24, 2.45) is 7.05 Å². The van der Waals surface area contributed by atoms with Crippen molar-refractivity contribution >= 4 is 11.6 Å². The van der Waals surface area contributed by atoms with Crippen LogP contribution < -0.4 is 5.32 Å². The van der Waals surface area contributed by atoms with Crippen LogP contribution in [0.5, 0.6) is 0 Å². The number of aromatic nitrogens is 5. The molecule has 0 saturated carbocycles. The summed E-state index contributed by atoms with van der Waals surface area (Å²) in [4.78, 5) is 19.2. The first kappa shape index (κ1) is 14.0. The Kier molecular flexibility index (Phi) is 3.46. The second kappa shape index (κ2) is 5.44. The molecule has 0 aliphatic heterocycles. The average molecular weight is 296 g/mol. The SMILES string of the molecule is Cc1[nH]cnc1C(=O)Nc1cccc(-c2nncn2C)c1C. The van der Waals surface area contributed by atoms with E-state index in [2.05, 4.69) is 25.5 Å². The van der Waals surface area contributed by atoms with Crippen LogP contribution >= 0.6 is 0 Å². The zero-order valence-corrected chi connectivity index (χ0v) is 12.6. The standard InChI is InChI=1S/C15H16N6O/c1-9-11(14-20-18-8-21(14)3)5-4-6-12(9)19-15(22)13-10(2)16-7-17-13/h4-8H,1-3H3,(H,16,17)(H,19,22). The normalized spacial score (nSPS) is 10.7. The van der Waals surface area contributed by atoms with E-state index in [0.717, 1.165) is 28.3 Å². The van der Waals surface area contributed by atoms with Gasteiger partial charge in [0.25, 0.3) is 5.91 Å². The van der Waals surface area contributed by atoms with Gasteiger partial charge in [-0.3, -0.25) is 4.79 Å². The molecule has 7 nitrogen and oxygen atoms in total. The van der Waals surface area contributed by atoms with Gasteiger partial charge in [-0.1, -0.05) is 12.1 Å². The molecule has 22 heavy (non-hydrogen) atoms. The summed E-state index contributed by atoms with van der Waals surface area (Å²) < 4.78 is 1.84. The topological polar surface area (TPSA) is 88.5 Å². The fraction of sp³-hybridized carbons (Fsp3) is 0.200. The quantitative estimate of drug-likeness (QED) is 0.774. The molecule has 2 aromatic heterocycles. The molecule has 0 spiro atoms. The van der Waals surface area contributed by atoms with E-state index in [1.54, 1.807) is 6.33 Å². The van der Waals surface area contributed by atoms with Crippen molar-refractivity contribution in [1.82, 2.24) is 24.7 Å². The molecule has 0 aliphatic carbocycles. The van der Waals surface area contributed by atoms with Crippen LogP contribution in [-0.4, -0.2) is 30.6 Å². The first-order chi connectivity index (χ1) is 10.6. The highest BCUT2D eigenvalue weighted by Gasteiger charge is 2.15. The lowest BCUT2D eigenvalue weighted by Gasteiger charge is -2.11. The molecule has 2 N–H and O–H groups in total. The zero-order chi connectivity index (χ0) is 15.7. The van der Waals surface area contributed by atoms with Crippen molar-refractivity contribution in [2.75, 3.05) is 5.32 Å². The number of carbonyl (C=O) groups is 1. The largest absolute Gasteiger partial charge is 0.348 e. The van der Waals surface area contributed by atoms with Gasteiger partial charge in [0, 0.05) is 24.0 Å². The summed E-state index contributed by atoms with van der Waals surface area (Å²) in [6.45, 7) is 3.75. The molecular weight excluding hydrogens is 280 g/mol. The van der Waals surface area contributed by atoms with Gasteiger partial charge in [0.15, 0.2) is 5.82 Å². The minimum Gasteiger partial charge on any atom is -0.348 e. The Bertz CT molecular complexity index is 832. The van der Waals surface area contributed by atoms with E-state index in [1.165, 1.54) is 6.33 Å². The minimum absolute atomic E-state index is 0.239. The van der Waals surface area contributed by atoms with Crippen molar-refractivity contribution in [3.8, 4) is 11.4 Å². The number of imidazole rings is 1. The molecule has 0 radical (unpaired) electrons. The highest BCUT2D eigenvalue weighted by atomic mass is 16.1. The van der Waals surface area contributed by atoms with Crippen molar-refractivity contribution in [3.05, 3.63) is 47.8 Å². The first-order valence-corrected chi connectivity index (χ1v) is 6.83. The minimum atomic E-state index is -0.239. The number of amides is 1. The van der Waals surface area contributed by atoms with Crippen LogP contribution in [0.25, 0.3) is 11.4 Å². The van der Waals surface area contributed by atoms with Crippen LogP contribution in [0.4, 0.5) is 5.69 Å². The molecule has 0 unspecified atom stereocenters. The third-order valence-electron chi connectivity index (χ3n) is 3.58. The van der Waals surface area contributed by atoms with Crippen LogP contribution in [0.3, 0.4) is 0 Å². The summed E-state index contributed by atoms with van der Waals surface area (Å²) in [6, 6.07) is 5.69. The van der Waals surface area contributed by atoms with Gasteiger partial charge in [0.05, 0.1) is 6.33 Å². The maximum absolute atomic E-state index is 12.3. The smallest absolute Gasteiger partial charge is 0.276 e. The fourth-order valence-electron chi connectivity index (χ4n) is 2.31. The molecule has 0 fully saturated rings. The average Bonchev–Trinajstić information content (AvgIpc) is 3.10. The van der Waals surface area contributed by atoms with Gasteiger partial charge in [0.1, 0.15) is 12.0 Å². The van der Waals surface area contributed by atoms with Crippen LogP contribution in [-0.2, 0) is 7.05 Å². The van der Waals surface area contributed by atoms with Crippen LogP contribution in [0.15, 0.2) is 30.9 Å². The van der Waals surface area contributed by atoms with E-state index < -0.39 is 0 Å². The molecule has 7 heteroatoms. The number of hydrogen-bond donors (Lipinski definition) is 2. The number of rotatable bonds is 3. The molecule has 3 aromatic rings. The number of nitrogens with one attached hydrogen (secondary N) is 2. The van der Waals surface area contributed by atoms with E-state index in [9.17, 15) is 4.79 Å². The van der Waals surface area contributed by atoms with Gasteiger partial charge in [0.2, 0.25) is 0 Å². The maximum Gasteiger partial charge on any atom is 0.276 e. The molecule has 3 rings (SSSR count). The van der Waals surface area contributed by atoms with Gasteiger partial charge in [-0.05, 0) is 25.5 Å². The third kappa shape index (κ3) is 2.37. The van der Waals surface area contributed by atoms with Crippen molar-refractivity contribution in [3.63, 3.8) is 0 Å². The molecular formula is C15H16N6O. The lowest BCUT2D eigenvalue weighted by Crippen LogP contribution is -2.14. The Morgan fingerprint density at radius 2 is 2.14 bits per heavy atom. The fourth-order valence-corrected chi connectivity index (χ4v) is 2.31. The number of benzene rings is 1. The summed E-state index contributed by atoms with van der Waals surface area (Å²) in [6.07, 6.45) is 3.15. The van der Waals surface area contributed by atoms with Crippen LogP contribution in [0, 0.1) is 13.8 Å². The van der Waals surface area contributed by atoms with Gasteiger partial charge in [-0.15, -0.1) is 10.2 Å². The Morgan fingerprint density at radius 1 is 1.32 bits per heavy atom. The molecule has 0 saturated heterocycles. The lowest BCUT2D eigenvalue weighted by molar-refractivity contribution is 0.102. The molecule has 1 amide bonds. The summed E-state index contributed by atoms with van der Waals surface area (Å²) in [7, 11) is 1.88. The highest BCUT2D eigenvalue weighted by Crippen LogP contribution is 2.27. The van der Waals surface area contributed by atoms with Crippen LogP contribution in [0.2, 0.25) is 0 Å². The Labute approximate surface area is 127 Å². The summed E-state index contributed by atoms with van der Waals surface area (Å²) >= 11 is 0. The van der Waals surface area contributed by atoms with Gasteiger partial charge >= 0.3 is 0 Å². The number of aryl methyl sites for hydroxylation is 2. The number of nitrogens with zero attached hydrogens (tertiary/aromatic N) is 4. The summed E-state index contributed by atoms with van der Waals surface area (Å²) in [5.41, 5.74) is 3.72. The van der Waals surface area contributed by atoms with Crippen LogP contribution in [0.1, 0.15) is 21.7 Å². The van der Waals surface area contributed by atoms with E-state index >= 15 is 0 Å². The predicted molar refractivity (Wildman–Crippen MR) is 82.5 cm³/mol. The van der Waals surface area contributed by atoms with E-state index in [0.29, 0.717) is 5.69 Å². The lowest BCUT2D eigenvalue weighted by atomic mass is 10.1. The maximum atomic E-state index is 12.3. The number of H-pyrrole nitrogens is 1. The third-order valence-corrected chi connectivity index (χ3v) is 3.58. The second-order valence-electron chi connectivity index (χ2n) is 5.07. The predicted octanol–water partition coefficient (Wildman–Crippen LogP) is 2.07. The molecule has 2 heterocycles. The molecule has 112 valence electrons. The number of aromatic amines is 1. The Balaban J connectivity index is 1.94. The molecule has 0 bridgehead atoms. The van der Waals surface area contributed by atoms with E-state index in [4.69, 9.17) is 0 Å². The Hall–Kier alpha value is -2.96. The first-order valence-electron chi connectivity index (χ1n) is 6.83.